The zero-order valence-corrected chi connectivity index (χ0v) is 11.4. The molecule has 1 nitrogen and oxygen atoms in total. The van der Waals surface area contributed by atoms with Crippen LogP contribution >= 0.6 is 11.3 Å². The van der Waals surface area contributed by atoms with Crippen LogP contribution in [0, 0.1) is 13.8 Å². The number of thiophene rings is 1. The van der Waals surface area contributed by atoms with E-state index in [9.17, 15) is 0 Å². The minimum absolute atomic E-state index is 0.453. The van der Waals surface area contributed by atoms with Crippen LogP contribution in [0.1, 0.15) is 47.7 Å². The van der Waals surface area contributed by atoms with Crippen molar-refractivity contribution < 1.29 is 0 Å². The third-order valence-electron chi connectivity index (χ3n) is 4.04. The summed E-state index contributed by atoms with van der Waals surface area (Å²) in [7, 11) is 0. The first-order valence-corrected chi connectivity index (χ1v) is 7.34. The Hall–Kier alpha value is -1.02. The molecule has 0 saturated carbocycles. The molecule has 1 aliphatic carbocycles. The highest BCUT2D eigenvalue weighted by Crippen LogP contribution is 2.40. The minimum atomic E-state index is 0.453. The van der Waals surface area contributed by atoms with Gasteiger partial charge in [-0.05, 0) is 79.5 Å². The summed E-state index contributed by atoms with van der Waals surface area (Å²) in [6.45, 7) is 4.47. The summed E-state index contributed by atoms with van der Waals surface area (Å²) in [5.41, 5.74) is 6.13. The highest BCUT2D eigenvalue weighted by molar-refractivity contribution is 7.10. The van der Waals surface area contributed by atoms with Crippen molar-refractivity contribution in [1.29, 1.82) is 0 Å². The monoisotopic (exact) mass is 245 g/mol. The quantitative estimate of drug-likeness (QED) is 0.773. The van der Waals surface area contributed by atoms with Crippen molar-refractivity contribution in [2.24, 2.45) is 0 Å². The summed E-state index contributed by atoms with van der Waals surface area (Å²) < 4.78 is 0. The van der Waals surface area contributed by atoms with Gasteiger partial charge in [0.1, 0.15) is 0 Å². The normalized spacial score (nSPS) is 23.5. The molecular formula is C15H19NS. The summed E-state index contributed by atoms with van der Waals surface area (Å²) in [6, 6.07) is 0.453. The Kier molecular flexibility index (Phi) is 2.83. The van der Waals surface area contributed by atoms with Gasteiger partial charge in [0.05, 0.1) is 6.04 Å². The molecule has 0 bridgehead atoms. The molecule has 0 spiro atoms. The van der Waals surface area contributed by atoms with E-state index in [0.29, 0.717) is 6.04 Å². The highest BCUT2D eigenvalue weighted by atomic mass is 32.1. The second kappa shape index (κ2) is 4.34. The predicted molar refractivity (Wildman–Crippen MR) is 74.3 cm³/mol. The van der Waals surface area contributed by atoms with E-state index < -0.39 is 0 Å². The molecule has 90 valence electrons. The standard InChI is InChI=1S/C15H19NS/c1-10-9-17-15(11(10)2)14-13-6-4-3-5-12(13)7-8-16-14/h7-9,14,16H,3-6H2,1-2H3. The Bertz CT molecular complexity index is 493. The van der Waals surface area contributed by atoms with Gasteiger partial charge in [0, 0.05) is 4.88 Å². The van der Waals surface area contributed by atoms with Gasteiger partial charge in [-0.2, -0.15) is 0 Å². The molecule has 0 radical (unpaired) electrons. The molecule has 0 aromatic carbocycles. The zero-order valence-electron chi connectivity index (χ0n) is 10.5. The molecule has 17 heavy (non-hydrogen) atoms. The fourth-order valence-electron chi connectivity index (χ4n) is 2.86. The van der Waals surface area contributed by atoms with E-state index in [1.165, 1.54) is 41.7 Å². The predicted octanol–water partition coefficient (Wildman–Crippen LogP) is 4.39. The van der Waals surface area contributed by atoms with Crippen molar-refractivity contribution in [2.45, 2.75) is 45.6 Å². The highest BCUT2D eigenvalue weighted by Gasteiger charge is 2.25. The average molecular weight is 245 g/mol. The first kappa shape index (κ1) is 11.1. The number of hydrogen-bond acceptors (Lipinski definition) is 2. The Morgan fingerprint density at radius 1 is 1.24 bits per heavy atom. The van der Waals surface area contributed by atoms with Crippen LogP contribution in [0.15, 0.2) is 28.8 Å². The molecule has 1 unspecified atom stereocenters. The van der Waals surface area contributed by atoms with Gasteiger partial charge < -0.3 is 5.32 Å². The van der Waals surface area contributed by atoms with Gasteiger partial charge >= 0.3 is 0 Å². The van der Waals surface area contributed by atoms with Crippen LogP contribution in [0.2, 0.25) is 0 Å². The van der Waals surface area contributed by atoms with E-state index in [4.69, 9.17) is 0 Å². The van der Waals surface area contributed by atoms with E-state index in [2.05, 4.69) is 36.8 Å². The molecule has 3 rings (SSSR count). The van der Waals surface area contributed by atoms with Gasteiger partial charge in [-0.3, -0.25) is 0 Å². The fraction of sp³-hybridized carbons (Fsp3) is 0.467. The lowest BCUT2D eigenvalue weighted by atomic mass is 9.84. The van der Waals surface area contributed by atoms with E-state index in [-0.39, 0.29) is 0 Å². The molecule has 2 heterocycles. The van der Waals surface area contributed by atoms with Crippen LogP contribution in [0.5, 0.6) is 0 Å². The second-order valence-corrected chi connectivity index (χ2v) is 6.01. The number of rotatable bonds is 1. The SMILES string of the molecule is Cc1csc(C2NC=CC3=C2CCCC3)c1C. The van der Waals surface area contributed by atoms with Crippen molar-refractivity contribution in [3.05, 3.63) is 44.8 Å². The molecule has 2 aliphatic rings. The van der Waals surface area contributed by atoms with Crippen molar-refractivity contribution in [3.8, 4) is 0 Å². The molecular weight excluding hydrogens is 226 g/mol. The molecule has 1 atom stereocenters. The van der Waals surface area contributed by atoms with E-state index >= 15 is 0 Å². The number of nitrogens with one attached hydrogen (secondary N) is 1. The van der Waals surface area contributed by atoms with Crippen molar-refractivity contribution >= 4 is 11.3 Å². The molecule has 2 heteroatoms. The smallest absolute Gasteiger partial charge is 0.0823 e. The van der Waals surface area contributed by atoms with Gasteiger partial charge in [-0.25, -0.2) is 0 Å². The second-order valence-electron chi connectivity index (χ2n) is 5.10. The van der Waals surface area contributed by atoms with Gasteiger partial charge in [-0.15, -0.1) is 11.3 Å². The summed E-state index contributed by atoms with van der Waals surface area (Å²) in [6.07, 6.45) is 9.68. The number of hydrogen-bond donors (Lipinski definition) is 1. The van der Waals surface area contributed by atoms with E-state index in [1.807, 2.05) is 11.3 Å². The summed E-state index contributed by atoms with van der Waals surface area (Å²) >= 11 is 1.91. The van der Waals surface area contributed by atoms with Gasteiger partial charge in [-0.1, -0.05) is 0 Å². The number of dihydropyridines is 1. The maximum absolute atomic E-state index is 3.56. The lowest BCUT2D eigenvalue weighted by molar-refractivity contribution is 0.587. The zero-order chi connectivity index (χ0) is 11.8. The van der Waals surface area contributed by atoms with E-state index in [1.54, 1.807) is 11.1 Å². The summed E-state index contributed by atoms with van der Waals surface area (Å²) in [5.74, 6) is 0. The van der Waals surface area contributed by atoms with Gasteiger partial charge in [0.15, 0.2) is 0 Å². The van der Waals surface area contributed by atoms with Crippen LogP contribution in [-0.2, 0) is 0 Å². The topological polar surface area (TPSA) is 12.0 Å². The van der Waals surface area contributed by atoms with Gasteiger partial charge in [0.25, 0.3) is 0 Å². The van der Waals surface area contributed by atoms with Crippen LogP contribution in [0.3, 0.4) is 0 Å². The lowest BCUT2D eigenvalue weighted by Gasteiger charge is -2.30. The number of aryl methyl sites for hydroxylation is 1. The third-order valence-corrected chi connectivity index (χ3v) is 5.30. The molecule has 0 saturated heterocycles. The van der Waals surface area contributed by atoms with Crippen LogP contribution in [0.25, 0.3) is 0 Å². The summed E-state index contributed by atoms with van der Waals surface area (Å²) in [4.78, 5) is 1.52. The minimum Gasteiger partial charge on any atom is -0.380 e. The molecule has 1 N–H and O–H groups in total. The third kappa shape index (κ3) is 1.85. The first-order valence-electron chi connectivity index (χ1n) is 6.46. The van der Waals surface area contributed by atoms with Crippen molar-refractivity contribution in [3.63, 3.8) is 0 Å². The fourth-order valence-corrected chi connectivity index (χ4v) is 4.02. The lowest BCUT2D eigenvalue weighted by Crippen LogP contribution is -2.23. The first-order chi connectivity index (χ1) is 8.27. The van der Waals surface area contributed by atoms with Crippen LogP contribution in [-0.4, -0.2) is 0 Å². The maximum atomic E-state index is 3.56. The molecule has 0 fully saturated rings. The number of allylic oxidation sites excluding steroid dienone is 2. The Morgan fingerprint density at radius 2 is 2.06 bits per heavy atom. The molecule has 1 aromatic heterocycles. The average Bonchev–Trinajstić information content (AvgIpc) is 2.69. The Morgan fingerprint density at radius 3 is 2.82 bits per heavy atom. The Labute approximate surface area is 107 Å². The summed E-state index contributed by atoms with van der Waals surface area (Å²) in [5, 5.41) is 5.85. The van der Waals surface area contributed by atoms with Crippen LogP contribution in [0.4, 0.5) is 0 Å². The molecule has 1 aliphatic heterocycles. The Balaban J connectivity index is 2.01. The van der Waals surface area contributed by atoms with Crippen LogP contribution < -0.4 is 5.32 Å². The van der Waals surface area contributed by atoms with Crippen molar-refractivity contribution in [2.75, 3.05) is 0 Å². The maximum Gasteiger partial charge on any atom is 0.0823 e. The van der Waals surface area contributed by atoms with E-state index in [0.717, 1.165) is 0 Å². The van der Waals surface area contributed by atoms with Crippen molar-refractivity contribution in [1.82, 2.24) is 5.32 Å². The molecule has 0 amide bonds. The largest absolute Gasteiger partial charge is 0.380 e. The molecule has 1 aromatic rings. The van der Waals surface area contributed by atoms with Gasteiger partial charge in [0.2, 0.25) is 0 Å².